The van der Waals surface area contributed by atoms with Crippen molar-refractivity contribution in [2.45, 2.75) is 31.9 Å². The summed E-state index contributed by atoms with van der Waals surface area (Å²) in [6, 6.07) is 2.58. The van der Waals surface area contributed by atoms with Gasteiger partial charge in [-0.15, -0.1) is 0 Å². The molecule has 1 fully saturated rings. The minimum Gasteiger partial charge on any atom is -0.375 e. The van der Waals surface area contributed by atoms with Crippen LogP contribution < -0.4 is 5.32 Å². The first kappa shape index (κ1) is 13.9. The maximum atomic E-state index is 5.86. The van der Waals surface area contributed by atoms with Gasteiger partial charge < -0.3 is 10.1 Å². The first-order chi connectivity index (χ1) is 8.74. The first-order valence-corrected chi connectivity index (χ1v) is 7.78. The van der Waals surface area contributed by atoms with Gasteiger partial charge in [0.2, 0.25) is 0 Å². The first-order valence-electron chi connectivity index (χ1n) is 6.63. The van der Waals surface area contributed by atoms with E-state index in [-0.39, 0.29) is 0 Å². The number of thioether (sulfide) groups is 1. The molecule has 102 valence electrons. The highest BCUT2D eigenvalue weighted by atomic mass is 32.2. The Morgan fingerprint density at radius 1 is 1.67 bits per heavy atom. The molecule has 1 aromatic heterocycles. The number of hydrogen-bond donors (Lipinski definition) is 1. The van der Waals surface area contributed by atoms with E-state index < -0.39 is 0 Å². The summed E-state index contributed by atoms with van der Waals surface area (Å²) in [6.45, 7) is 3.02. The standard InChI is InChI=1S/C13H23N3OS/c1-4-10-7-11(16(3)15-10)8-12(14-2)13-9-18-6-5-17-13/h7,12-14H,4-6,8-9H2,1-3H3. The fourth-order valence-corrected chi connectivity index (χ4v) is 3.26. The minimum atomic E-state index is 0.314. The van der Waals surface area contributed by atoms with Crippen molar-refractivity contribution in [3.8, 4) is 0 Å². The van der Waals surface area contributed by atoms with Crippen molar-refractivity contribution in [2.24, 2.45) is 7.05 Å². The lowest BCUT2D eigenvalue weighted by Gasteiger charge is -2.30. The molecule has 0 aliphatic carbocycles. The zero-order valence-electron chi connectivity index (χ0n) is 11.5. The summed E-state index contributed by atoms with van der Waals surface area (Å²) < 4.78 is 7.86. The van der Waals surface area contributed by atoms with Crippen LogP contribution in [0, 0.1) is 0 Å². The van der Waals surface area contributed by atoms with E-state index in [1.807, 2.05) is 30.5 Å². The molecule has 4 nitrogen and oxygen atoms in total. The van der Waals surface area contributed by atoms with Crippen molar-refractivity contribution >= 4 is 11.8 Å². The fraction of sp³-hybridized carbons (Fsp3) is 0.769. The van der Waals surface area contributed by atoms with Crippen LogP contribution in [-0.2, 0) is 24.6 Å². The van der Waals surface area contributed by atoms with Gasteiger partial charge in [-0.2, -0.15) is 16.9 Å². The summed E-state index contributed by atoms with van der Waals surface area (Å²) in [5.74, 6) is 2.21. The van der Waals surface area contributed by atoms with Gasteiger partial charge in [0.1, 0.15) is 0 Å². The Labute approximate surface area is 113 Å². The Morgan fingerprint density at radius 2 is 2.50 bits per heavy atom. The third kappa shape index (κ3) is 3.28. The van der Waals surface area contributed by atoms with Gasteiger partial charge in [0.15, 0.2) is 0 Å². The van der Waals surface area contributed by atoms with Gasteiger partial charge in [-0.1, -0.05) is 6.92 Å². The van der Waals surface area contributed by atoms with Crippen molar-refractivity contribution < 1.29 is 4.74 Å². The second kappa shape index (κ2) is 6.59. The number of rotatable bonds is 5. The lowest BCUT2D eigenvalue weighted by molar-refractivity contribution is 0.0487. The van der Waals surface area contributed by atoms with Crippen molar-refractivity contribution in [3.05, 3.63) is 17.5 Å². The summed E-state index contributed by atoms with van der Waals surface area (Å²) in [5.41, 5.74) is 2.45. The van der Waals surface area contributed by atoms with Crippen LogP contribution in [-0.4, -0.2) is 47.1 Å². The van der Waals surface area contributed by atoms with E-state index in [0.717, 1.165) is 31.0 Å². The second-order valence-electron chi connectivity index (χ2n) is 4.69. The molecule has 2 heterocycles. The molecule has 1 aliphatic heterocycles. The largest absolute Gasteiger partial charge is 0.375 e. The molecule has 0 aromatic carbocycles. The minimum absolute atomic E-state index is 0.314. The predicted molar refractivity (Wildman–Crippen MR) is 76.2 cm³/mol. The number of likely N-dealkylation sites (N-methyl/N-ethyl adjacent to an activating group) is 1. The second-order valence-corrected chi connectivity index (χ2v) is 5.84. The number of nitrogens with one attached hydrogen (secondary N) is 1. The zero-order valence-corrected chi connectivity index (χ0v) is 12.3. The van der Waals surface area contributed by atoms with E-state index in [0.29, 0.717) is 12.1 Å². The summed E-state index contributed by atoms with van der Waals surface area (Å²) in [6.07, 6.45) is 2.28. The van der Waals surface area contributed by atoms with Crippen molar-refractivity contribution in [1.82, 2.24) is 15.1 Å². The van der Waals surface area contributed by atoms with E-state index in [2.05, 4.69) is 23.4 Å². The van der Waals surface area contributed by atoms with Crippen LogP contribution in [0.15, 0.2) is 6.07 Å². The molecule has 1 aliphatic rings. The molecule has 0 saturated carbocycles. The van der Waals surface area contributed by atoms with Crippen LogP contribution in [0.5, 0.6) is 0 Å². The molecule has 18 heavy (non-hydrogen) atoms. The maximum absolute atomic E-state index is 5.86. The Bertz CT molecular complexity index is 374. The summed E-state index contributed by atoms with van der Waals surface area (Å²) in [5, 5.41) is 7.90. The molecular formula is C13H23N3OS. The molecule has 0 amide bonds. The Morgan fingerprint density at radius 3 is 3.06 bits per heavy atom. The van der Waals surface area contributed by atoms with Crippen LogP contribution in [0.1, 0.15) is 18.3 Å². The molecular weight excluding hydrogens is 246 g/mol. The highest BCUT2D eigenvalue weighted by molar-refractivity contribution is 7.99. The Balaban J connectivity index is 2.02. The molecule has 0 radical (unpaired) electrons. The molecule has 2 unspecified atom stereocenters. The van der Waals surface area contributed by atoms with Crippen molar-refractivity contribution in [2.75, 3.05) is 25.2 Å². The number of aromatic nitrogens is 2. The average Bonchev–Trinajstić information content (AvgIpc) is 2.77. The average molecular weight is 269 g/mol. The molecule has 1 saturated heterocycles. The van der Waals surface area contributed by atoms with Gasteiger partial charge in [-0.05, 0) is 19.5 Å². The number of hydrogen-bond acceptors (Lipinski definition) is 4. The molecule has 0 spiro atoms. The van der Waals surface area contributed by atoms with E-state index in [9.17, 15) is 0 Å². The number of nitrogens with zero attached hydrogens (tertiary/aromatic N) is 2. The Hall–Kier alpha value is -0.520. The highest BCUT2D eigenvalue weighted by Crippen LogP contribution is 2.18. The zero-order chi connectivity index (χ0) is 13.0. The van der Waals surface area contributed by atoms with Gasteiger partial charge in [-0.25, -0.2) is 0 Å². The molecule has 5 heteroatoms. The van der Waals surface area contributed by atoms with Gasteiger partial charge in [-0.3, -0.25) is 4.68 Å². The van der Waals surface area contributed by atoms with Crippen LogP contribution in [0.25, 0.3) is 0 Å². The Kier molecular flexibility index (Phi) is 5.09. The lowest BCUT2D eigenvalue weighted by Crippen LogP contribution is -2.44. The maximum Gasteiger partial charge on any atom is 0.0822 e. The van der Waals surface area contributed by atoms with Crippen LogP contribution in [0.4, 0.5) is 0 Å². The summed E-state index contributed by atoms with van der Waals surface area (Å²) in [7, 11) is 4.04. The van der Waals surface area contributed by atoms with Crippen LogP contribution in [0.3, 0.4) is 0 Å². The van der Waals surface area contributed by atoms with Gasteiger partial charge in [0.05, 0.1) is 18.4 Å². The van der Waals surface area contributed by atoms with Crippen molar-refractivity contribution in [3.63, 3.8) is 0 Å². The quantitative estimate of drug-likeness (QED) is 0.873. The monoisotopic (exact) mass is 269 g/mol. The molecule has 2 atom stereocenters. The van der Waals surface area contributed by atoms with E-state index >= 15 is 0 Å². The van der Waals surface area contributed by atoms with Gasteiger partial charge >= 0.3 is 0 Å². The lowest BCUT2D eigenvalue weighted by atomic mass is 10.1. The summed E-state index contributed by atoms with van der Waals surface area (Å²) >= 11 is 1.98. The third-order valence-electron chi connectivity index (χ3n) is 3.48. The normalized spacial score (nSPS) is 22.1. The molecule has 1 aromatic rings. The van der Waals surface area contributed by atoms with Crippen LogP contribution in [0.2, 0.25) is 0 Å². The fourth-order valence-electron chi connectivity index (χ4n) is 2.32. The molecule has 2 rings (SSSR count). The summed E-state index contributed by atoms with van der Waals surface area (Å²) in [4.78, 5) is 0. The number of ether oxygens (including phenoxy) is 1. The third-order valence-corrected chi connectivity index (χ3v) is 4.50. The van der Waals surface area contributed by atoms with E-state index in [1.165, 1.54) is 11.4 Å². The van der Waals surface area contributed by atoms with Gasteiger partial charge in [0.25, 0.3) is 0 Å². The molecule has 0 bridgehead atoms. The number of aryl methyl sites for hydroxylation is 2. The van der Waals surface area contributed by atoms with Gasteiger partial charge in [0, 0.05) is 36.7 Å². The van der Waals surface area contributed by atoms with E-state index in [4.69, 9.17) is 4.74 Å². The van der Waals surface area contributed by atoms with Crippen molar-refractivity contribution in [1.29, 1.82) is 0 Å². The highest BCUT2D eigenvalue weighted by Gasteiger charge is 2.24. The van der Waals surface area contributed by atoms with Crippen LogP contribution >= 0.6 is 11.8 Å². The van der Waals surface area contributed by atoms with E-state index in [1.54, 1.807) is 0 Å². The predicted octanol–water partition coefficient (Wildman–Crippen LogP) is 1.24. The smallest absolute Gasteiger partial charge is 0.0822 e. The SMILES string of the molecule is CCc1cc(CC(NC)C2CSCCO2)n(C)n1. The molecule has 1 N–H and O–H groups in total. The topological polar surface area (TPSA) is 39.1 Å².